The number of nitrogens with one attached hydrogen (secondary N) is 1. The molecule has 146 valence electrons. The Balaban J connectivity index is 1.34. The van der Waals surface area contributed by atoms with Gasteiger partial charge in [0.2, 0.25) is 17.7 Å². The van der Waals surface area contributed by atoms with Crippen LogP contribution in [0, 0.1) is 23.7 Å². The number of benzene rings is 1. The van der Waals surface area contributed by atoms with Gasteiger partial charge in [0.15, 0.2) is 0 Å². The van der Waals surface area contributed by atoms with Gasteiger partial charge in [0.05, 0.1) is 24.0 Å². The molecule has 1 N–H and O–H groups in total. The first-order valence-electron chi connectivity index (χ1n) is 9.60. The molecule has 28 heavy (non-hydrogen) atoms. The van der Waals surface area contributed by atoms with E-state index in [1.54, 1.807) is 25.1 Å². The molecule has 0 radical (unpaired) electrons. The van der Waals surface area contributed by atoms with Gasteiger partial charge < -0.3 is 10.1 Å². The summed E-state index contributed by atoms with van der Waals surface area (Å²) >= 11 is 0. The van der Waals surface area contributed by atoms with Crippen LogP contribution in [0.1, 0.15) is 30.1 Å². The van der Waals surface area contributed by atoms with Gasteiger partial charge in [-0.15, -0.1) is 0 Å². The lowest BCUT2D eigenvalue weighted by molar-refractivity contribution is -0.140. The van der Waals surface area contributed by atoms with Crippen LogP contribution < -0.4 is 5.32 Å². The van der Waals surface area contributed by atoms with Gasteiger partial charge in [0.1, 0.15) is 0 Å². The maximum absolute atomic E-state index is 12.6. The van der Waals surface area contributed by atoms with Crippen molar-refractivity contribution in [2.24, 2.45) is 23.7 Å². The van der Waals surface area contributed by atoms with Crippen LogP contribution in [0.3, 0.4) is 0 Å². The summed E-state index contributed by atoms with van der Waals surface area (Å²) in [6.45, 7) is 2.07. The Hall–Kier alpha value is -2.96. The minimum Gasteiger partial charge on any atom is -0.462 e. The molecule has 2 aliphatic carbocycles. The van der Waals surface area contributed by atoms with Gasteiger partial charge >= 0.3 is 5.97 Å². The first-order valence-corrected chi connectivity index (χ1v) is 9.60. The van der Waals surface area contributed by atoms with Crippen molar-refractivity contribution in [1.82, 2.24) is 4.90 Å². The molecule has 1 aromatic carbocycles. The second kappa shape index (κ2) is 7.22. The maximum Gasteiger partial charge on any atom is 0.338 e. The van der Waals surface area contributed by atoms with E-state index in [2.05, 4.69) is 5.32 Å². The average molecular weight is 382 g/mol. The van der Waals surface area contributed by atoms with E-state index in [0.29, 0.717) is 11.3 Å². The number of nitrogens with zero attached hydrogens (tertiary/aromatic N) is 1. The predicted octanol–water partition coefficient (Wildman–Crippen LogP) is 2.00. The smallest absolute Gasteiger partial charge is 0.338 e. The highest BCUT2D eigenvalue weighted by Gasteiger charge is 2.58. The SMILES string of the molecule is CCOC(=O)c1cccc(NC(=O)CCN2C(=O)C3C4C=CC(C4)C3C2=O)c1. The minimum absolute atomic E-state index is 0.0172. The molecule has 2 fully saturated rings. The zero-order valence-electron chi connectivity index (χ0n) is 15.6. The summed E-state index contributed by atoms with van der Waals surface area (Å²) in [5, 5.41) is 2.70. The molecule has 7 nitrogen and oxygen atoms in total. The molecule has 3 aliphatic rings. The molecular formula is C21H22N2O5. The number of esters is 1. The summed E-state index contributed by atoms with van der Waals surface area (Å²) in [5.74, 6) is -1.24. The second-order valence-electron chi connectivity index (χ2n) is 7.43. The molecule has 1 aliphatic heterocycles. The lowest BCUT2D eigenvalue weighted by atomic mass is 9.85. The molecule has 3 amide bonds. The lowest BCUT2D eigenvalue weighted by Crippen LogP contribution is -2.35. The fourth-order valence-corrected chi connectivity index (χ4v) is 4.56. The van der Waals surface area contributed by atoms with E-state index >= 15 is 0 Å². The fraction of sp³-hybridized carbons (Fsp3) is 0.429. The van der Waals surface area contributed by atoms with Crippen molar-refractivity contribution in [3.63, 3.8) is 0 Å². The first kappa shape index (κ1) is 18.4. The predicted molar refractivity (Wildman–Crippen MR) is 100 cm³/mol. The summed E-state index contributed by atoms with van der Waals surface area (Å²) in [6, 6.07) is 6.46. The maximum atomic E-state index is 12.6. The number of carbonyl (C=O) groups is 4. The van der Waals surface area contributed by atoms with Crippen molar-refractivity contribution in [3.05, 3.63) is 42.0 Å². The quantitative estimate of drug-likeness (QED) is 0.461. The van der Waals surface area contributed by atoms with Crippen LogP contribution in [-0.2, 0) is 19.1 Å². The van der Waals surface area contributed by atoms with E-state index < -0.39 is 5.97 Å². The number of fused-ring (bicyclic) bond motifs is 5. The molecule has 7 heteroatoms. The highest BCUT2D eigenvalue weighted by molar-refractivity contribution is 6.06. The zero-order valence-corrected chi connectivity index (χ0v) is 15.6. The van der Waals surface area contributed by atoms with Crippen LogP contribution in [0.5, 0.6) is 0 Å². The number of amides is 3. The number of rotatable bonds is 6. The standard InChI is InChI=1S/C21H22N2O5/c1-2-28-21(27)14-4-3-5-15(11-14)22-16(24)8-9-23-19(25)17-12-6-7-13(10-12)18(17)20(23)26/h3-7,11-13,17-18H,2,8-10H2,1H3,(H,22,24). The Bertz CT molecular complexity index is 847. The van der Waals surface area contributed by atoms with E-state index in [9.17, 15) is 19.2 Å². The molecule has 1 saturated heterocycles. The van der Waals surface area contributed by atoms with Crippen LogP contribution >= 0.6 is 0 Å². The van der Waals surface area contributed by atoms with Gasteiger partial charge in [-0.05, 0) is 43.4 Å². The average Bonchev–Trinajstić information content (AvgIpc) is 3.35. The number of hydrogen-bond acceptors (Lipinski definition) is 5. The van der Waals surface area contributed by atoms with Crippen LogP contribution in [0.4, 0.5) is 5.69 Å². The highest BCUT2D eigenvalue weighted by atomic mass is 16.5. The number of carbonyl (C=O) groups excluding carboxylic acids is 4. The van der Waals surface area contributed by atoms with Gasteiger partial charge in [-0.25, -0.2) is 4.79 Å². The van der Waals surface area contributed by atoms with E-state index in [1.807, 2.05) is 12.2 Å². The normalized spacial score (nSPS) is 27.2. The molecule has 0 aromatic heterocycles. The number of allylic oxidation sites excluding steroid dienone is 2. The van der Waals surface area contributed by atoms with Crippen LogP contribution in [0.25, 0.3) is 0 Å². The highest BCUT2D eigenvalue weighted by Crippen LogP contribution is 2.52. The Morgan fingerprint density at radius 3 is 2.46 bits per heavy atom. The summed E-state index contributed by atoms with van der Waals surface area (Å²) < 4.78 is 4.95. The van der Waals surface area contributed by atoms with E-state index in [0.717, 1.165) is 6.42 Å². The third-order valence-corrected chi connectivity index (χ3v) is 5.78. The number of ether oxygens (including phenoxy) is 1. The molecule has 4 atom stereocenters. The van der Waals surface area contributed by atoms with Crippen LogP contribution in [-0.4, -0.2) is 41.7 Å². The van der Waals surface area contributed by atoms with Crippen molar-refractivity contribution in [2.75, 3.05) is 18.5 Å². The fourth-order valence-electron chi connectivity index (χ4n) is 4.56. The summed E-state index contributed by atoms with van der Waals surface area (Å²) in [5.41, 5.74) is 0.814. The second-order valence-corrected chi connectivity index (χ2v) is 7.43. The van der Waals surface area contributed by atoms with E-state index in [1.165, 1.54) is 11.0 Å². The summed E-state index contributed by atoms with van der Waals surface area (Å²) in [4.78, 5) is 50.6. The Kier molecular flexibility index (Phi) is 4.75. The first-order chi connectivity index (χ1) is 13.5. The summed E-state index contributed by atoms with van der Waals surface area (Å²) in [6.07, 6.45) is 4.99. The third-order valence-electron chi connectivity index (χ3n) is 5.78. The molecule has 2 bridgehead atoms. The van der Waals surface area contributed by atoms with E-state index in [-0.39, 0.29) is 61.0 Å². The number of likely N-dealkylation sites (tertiary alicyclic amines) is 1. The monoisotopic (exact) mass is 382 g/mol. The molecule has 4 unspecified atom stereocenters. The Labute approximate surface area is 162 Å². The minimum atomic E-state index is -0.457. The zero-order chi connectivity index (χ0) is 19.8. The van der Waals surface area contributed by atoms with Gasteiger partial charge in [0, 0.05) is 18.7 Å². The number of imide groups is 1. The molecule has 4 rings (SSSR count). The molecular weight excluding hydrogens is 360 g/mol. The number of hydrogen-bond donors (Lipinski definition) is 1. The Morgan fingerprint density at radius 2 is 1.82 bits per heavy atom. The van der Waals surface area contributed by atoms with Crippen molar-refractivity contribution < 1.29 is 23.9 Å². The molecule has 1 heterocycles. The van der Waals surface area contributed by atoms with Crippen LogP contribution in [0.2, 0.25) is 0 Å². The van der Waals surface area contributed by atoms with Crippen molar-refractivity contribution in [1.29, 1.82) is 0 Å². The lowest BCUT2D eigenvalue weighted by Gasteiger charge is -2.17. The third kappa shape index (κ3) is 3.10. The van der Waals surface area contributed by atoms with Gasteiger partial charge in [-0.1, -0.05) is 18.2 Å². The van der Waals surface area contributed by atoms with Gasteiger partial charge in [0.25, 0.3) is 0 Å². The van der Waals surface area contributed by atoms with E-state index in [4.69, 9.17) is 4.74 Å². The van der Waals surface area contributed by atoms with Gasteiger partial charge in [-0.2, -0.15) is 0 Å². The molecule has 1 saturated carbocycles. The molecule has 0 spiro atoms. The number of anilines is 1. The van der Waals surface area contributed by atoms with Crippen molar-refractivity contribution >= 4 is 29.4 Å². The van der Waals surface area contributed by atoms with Crippen LogP contribution in [0.15, 0.2) is 36.4 Å². The largest absolute Gasteiger partial charge is 0.462 e. The van der Waals surface area contributed by atoms with Crippen molar-refractivity contribution in [3.8, 4) is 0 Å². The summed E-state index contributed by atoms with van der Waals surface area (Å²) in [7, 11) is 0. The molecule has 1 aromatic rings. The van der Waals surface area contributed by atoms with Crippen molar-refractivity contribution in [2.45, 2.75) is 19.8 Å². The topological polar surface area (TPSA) is 92.8 Å². The Morgan fingerprint density at radius 1 is 1.14 bits per heavy atom. The van der Waals surface area contributed by atoms with Gasteiger partial charge in [-0.3, -0.25) is 19.3 Å².